The van der Waals surface area contributed by atoms with Crippen LogP contribution in [0.2, 0.25) is 0 Å². The van der Waals surface area contributed by atoms with Crippen LogP contribution in [0.15, 0.2) is 18.7 Å². The van der Waals surface area contributed by atoms with Crippen molar-refractivity contribution in [2.75, 3.05) is 13.1 Å². The van der Waals surface area contributed by atoms with Crippen molar-refractivity contribution < 1.29 is 9.59 Å². The molecule has 1 aliphatic heterocycles. The number of nitrogens with zero attached hydrogens (tertiary/aromatic N) is 3. The summed E-state index contributed by atoms with van der Waals surface area (Å²) in [5, 5.41) is 2.89. The monoisotopic (exact) mass is 264 g/mol. The van der Waals surface area contributed by atoms with Crippen LogP contribution in [0, 0.1) is 0 Å². The summed E-state index contributed by atoms with van der Waals surface area (Å²) in [6.07, 6.45) is 8.03. The molecule has 6 nitrogen and oxygen atoms in total. The lowest BCUT2D eigenvalue weighted by atomic mass is 10.0. The SMILES string of the molecule is CC(=O)N1CCCC[C@@H]1C(=O)NCCn1ccnc1. The maximum absolute atomic E-state index is 12.1. The van der Waals surface area contributed by atoms with Crippen molar-refractivity contribution in [3.05, 3.63) is 18.7 Å². The lowest BCUT2D eigenvalue weighted by Crippen LogP contribution is -2.51. The predicted octanol–water partition coefficient (Wildman–Crippen LogP) is 0.400. The van der Waals surface area contributed by atoms with E-state index >= 15 is 0 Å². The van der Waals surface area contributed by atoms with Crippen molar-refractivity contribution in [2.24, 2.45) is 0 Å². The van der Waals surface area contributed by atoms with E-state index in [1.54, 1.807) is 17.4 Å². The highest BCUT2D eigenvalue weighted by atomic mass is 16.2. The van der Waals surface area contributed by atoms with Crippen molar-refractivity contribution in [3.8, 4) is 0 Å². The largest absolute Gasteiger partial charge is 0.353 e. The lowest BCUT2D eigenvalue weighted by Gasteiger charge is -2.33. The Hall–Kier alpha value is -1.85. The molecule has 19 heavy (non-hydrogen) atoms. The van der Waals surface area contributed by atoms with Crippen molar-refractivity contribution >= 4 is 11.8 Å². The molecule has 0 bridgehead atoms. The Morgan fingerprint density at radius 3 is 2.95 bits per heavy atom. The maximum Gasteiger partial charge on any atom is 0.242 e. The molecule has 1 atom stereocenters. The number of hydrogen-bond donors (Lipinski definition) is 1. The van der Waals surface area contributed by atoms with Gasteiger partial charge in [0.1, 0.15) is 6.04 Å². The first-order chi connectivity index (χ1) is 9.18. The zero-order valence-electron chi connectivity index (χ0n) is 11.2. The maximum atomic E-state index is 12.1. The molecule has 104 valence electrons. The van der Waals surface area contributed by atoms with Gasteiger partial charge in [0.2, 0.25) is 11.8 Å². The van der Waals surface area contributed by atoms with Gasteiger partial charge in [0.15, 0.2) is 0 Å². The van der Waals surface area contributed by atoms with Gasteiger partial charge in [-0.2, -0.15) is 0 Å². The number of likely N-dealkylation sites (tertiary alicyclic amines) is 1. The number of hydrogen-bond acceptors (Lipinski definition) is 3. The molecule has 0 saturated carbocycles. The number of carbonyl (C=O) groups is 2. The molecule has 0 spiro atoms. The van der Waals surface area contributed by atoms with Crippen molar-refractivity contribution in [3.63, 3.8) is 0 Å². The zero-order chi connectivity index (χ0) is 13.7. The highest BCUT2D eigenvalue weighted by molar-refractivity contribution is 5.87. The highest BCUT2D eigenvalue weighted by Gasteiger charge is 2.29. The number of aromatic nitrogens is 2. The van der Waals surface area contributed by atoms with Gasteiger partial charge in [0, 0.05) is 39.0 Å². The first kappa shape index (κ1) is 13.6. The lowest BCUT2D eigenvalue weighted by molar-refractivity contribution is -0.140. The molecule has 1 aromatic rings. The molecule has 2 rings (SSSR count). The number of rotatable bonds is 4. The van der Waals surface area contributed by atoms with Gasteiger partial charge >= 0.3 is 0 Å². The van der Waals surface area contributed by atoms with Crippen LogP contribution < -0.4 is 5.32 Å². The van der Waals surface area contributed by atoms with Crippen molar-refractivity contribution in [1.82, 2.24) is 19.8 Å². The molecule has 0 radical (unpaired) electrons. The van der Waals surface area contributed by atoms with Crippen LogP contribution >= 0.6 is 0 Å². The molecular weight excluding hydrogens is 244 g/mol. The van der Waals surface area contributed by atoms with E-state index in [2.05, 4.69) is 10.3 Å². The van der Waals surface area contributed by atoms with E-state index in [4.69, 9.17) is 0 Å². The molecule has 1 fully saturated rings. The molecule has 1 N–H and O–H groups in total. The molecule has 0 aromatic carbocycles. The van der Waals surface area contributed by atoms with Gasteiger partial charge in [-0.25, -0.2) is 4.98 Å². The summed E-state index contributed by atoms with van der Waals surface area (Å²) in [4.78, 5) is 29.2. The average Bonchev–Trinajstić information content (AvgIpc) is 2.91. The third-order valence-electron chi connectivity index (χ3n) is 3.44. The van der Waals surface area contributed by atoms with Crippen molar-refractivity contribution in [2.45, 2.75) is 38.8 Å². The molecule has 0 unspecified atom stereocenters. The Bertz CT molecular complexity index is 430. The van der Waals surface area contributed by atoms with Crippen LogP contribution in [0.3, 0.4) is 0 Å². The second kappa shape index (κ2) is 6.36. The average molecular weight is 264 g/mol. The summed E-state index contributed by atoms with van der Waals surface area (Å²) in [7, 11) is 0. The van der Waals surface area contributed by atoms with Crippen LogP contribution in [0.5, 0.6) is 0 Å². The van der Waals surface area contributed by atoms with Crippen LogP contribution in [-0.2, 0) is 16.1 Å². The molecule has 1 saturated heterocycles. The zero-order valence-corrected chi connectivity index (χ0v) is 11.2. The second-order valence-electron chi connectivity index (χ2n) is 4.82. The van der Waals surface area contributed by atoms with Gasteiger partial charge in [0.25, 0.3) is 0 Å². The Balaban J connectivity index is 1.82. The molecular formula is C13H20N4O2. The van der Waals surface area contributed by atoms with Gasteiger partial charge < -0.3 is 14.8 Å². The van der Waals surface area contributed by atoms with E-state index in [9.17, 15) is 9.59 Å². The molecule has 2 heterocycles. The van der Waals surface area contributed by atoms with E-state index in [1.807, 2.05) is 10.8 Å². The molecule has 1 aromatic heterocycles. The predicted molar refractivity (Wildman–Crippen MR) is 70.3 cm³/mol. The summed E-state index contributed by atoms with van der Waals surface area (Å²) in [5.41, 5.74) is 0. The van der Waals surface area contributed by atoms with Crippen LogP contribution in [-0.4, -0.2) is 45.4 Å². The smallest absolute Gasteiger partial charge is 0.242 e. The van der Waals surface area contributed by atoms with E-state index < -0.39 is 0 Å². The van der Waals surface area contributed by atoms with Crippen LogP contribution in [0.1, 0.15) is 26.2 Å². The van der Waals surface area contributed by atoms with E-state index in [0.29, 0.717) is 19.6 Å². The fourth-order valence-electron chi connectivity index (χ4n) is 2.43. The minimum absolute atomic E-state index is 0.0190. The standard InChI is InChI=1S/C13H20N4O2/c1-11(18)17-7-3-2-4-12(17)13(19)15-6-9-16-8-5-14-10-16/h5,8,10,12H,2-4,6-7,9H2,1H3,(H,15,19)/t12-/m1/s1. The first-order valence-electron chi connectivity index (χ1n) is 6.69. The summed E-state index contributed by atoms with van der Waals surface area (Å²) >= 11 is 0. The van der Waals surface area contributed by atoms with Crippen LogP contribution in [0.4, 0.5) is 0 Å². The van der Waals surface area contributed by atoms with Crippen LogP contribution in [0.25, 0.3) is 0 Å². The number of imidazole rings is 1. The number of carbonyl (C=O) groups excluding carboxylic acids is 2. The molecule has 1 aliphatic rings. The van der Waals surface area contributed by atoms with Gasteiger partial charge in [-0.05, 0) is 19.3 Å². The van der Waals surface area contributed by atoms with Gasteiger partial charge in [-0.15, -0.1) is 0 Å². The van der Waals surface area contributed by atoms with Gasteiger partial charge in [-0.3, -0.25) is 9.59 Å². The minimum atomic E-state index is -0.297. The Labute approximate surface area is 112 Å². The third-order valence-corrected chi connectivity index (χ3v) is 3.44. The normalized spacial score (nSPS) is 19.2. The van der Waals surface area contributed by atoms with E-state index in [-0.39, 0.29) is 17.9 Å². The summed E-state index contributed by atoms with van der Waals surface area (Å²) in [6, 6.07) is -0.297. The molecule has 2 amide bonds. The second-order valence-corrected chi connectivity index (χ2v) is 4.82. The van der Waals surface area contributed by atoms with E-state index in [1.165, 1.54) is 6.92 Å². The highest BCUT2D eigenvalue weighted by Crippen LogP contribution is 2.17. The Morgan fingerprint density at radius 2 is 2.26 bits per heavy atom. The minimum Gasteiger partial charge on any atom is -0.353 e. The quantitative estimate of drug-likeness (QED) is 0.856. The van der Waals surface area contributed by atoms with Gasteiger partial charge in [-0.1, -0.05) is 0 Å². The summed E-state index contributed by atoms with van der Waals surface area (Å²) in [6.45, 7) is 3.46. The fraction of sp³-hybridized carbons (Fsp3) is 0.615. The number of piperidine rings is 1. The Kier molecular flexibility index (Phi) is 4.54. The first-order valence-corrected chi connectivity index (χ1v) is 6.69. The number of nitrogens with one attached hydrogen (secondary N) is 1. The Morgan fingerprint density at radius 1 is 1.42 bits per heavy atom. The molecule has 6 heteroatoms. The van der Waals surface area contributed by atoms with Crippen molar-refractivity contribution in [1.29, 1.82) is 0 Å². The fourth-order valence-corrected chi connectivity index (χ4v) is 2.43. The molecule has 0 aliphatic carbocycles. The van der Waals surface area contributed by atoms with Gasteiger partial charge in [0.05, 0.1) is 6.33 Å². The topological polar surface area (TPSA) is 67.2 Å². The summed E-state index contributed by atoms with van der Waals surface area (Å²) in [5.74, 6) is -0.0653. The third kappa shape index (κ3) is 3.56. The summed E-state index contributed by atoms with van der Waals surface area (Å²) < 4.78 is 1.91. The van der Waals surface area contributed by atoms with E-state index in [0.717, 1.165) is 19.3 Å². The number of amides is 2.